The molecule has 0 spiro atoms. The van der Waals surface area contributed by atoms with Crippen LogP contribution in [0, 0.1) is 12.8 Å². The van der Waals surface area contributed by atoms with E-state index < -0.39 is 0 Å². The molecule has 0 saturated carbocycles. The van der Waals surface area contributed by atoms with E-state index in [2.05, 4.69) is 26.8 Å². The smallest absolute Gasteiger partial charge is 0.0505 e. The van der Waals surface area contributed by atoms with Gasteiger partial charge in [-0.15, -0.1) is 0 Å². The van der Waals surface area contributed by atoms with Crippen molar-refractivity contribution in [1.29, 1.82) is 0 Å². The molecule has 0 N–H and O–H groups in total. The predicted molar refractivity (Wildman–Crippen MR) is 79.8 cm³/mol. The normalized spacial score (nSPS) is 19.4. The van der Waals surface area contributed by atoms with Gasteiger partial charge in [-0.2, -0.15) is 0 Å². The Morgan fingerprint density at radius 3 is 2.89 bits per heavy atom. The van der Waals surface area contributed by atoms with Gasteiger partial charge in [-0.25, -0.2) is 0 Å². The van der Waals surface area contributed by atoms with Crippen molar-refractivity contribution in [2.45, 2.75) is 52.5 Å². The quantitative estimate of drug-likeness (QED) is 0.737. The highest BCUT2D eigenvalue weighted by Crippen LogP contribution is 2.24. The monoisotopic (exact) mass is 263 g/mol. The fourth-order valence-corrected chi connectivity index (χ4v) is 2.83. The summed E-state index contributed by atoms with van der Waals surface area (Å²) >= 11 is 6.16. The lowest BCUT2D eigenvalue weighted by Gasteiger charge is -2.08. The lowest BCUT2D eigenvalue weighted by molar-refractivity contribution is 0.496. The first-order chi connectivity index (χ1) is 8.56. The molecule has 0 aliphatic carbocycles. The molecule has 0 bridgehead atoms. The summed E-state index contributed by atoms with van der Waals surface area (Å²) in [7, 11) is 0. The Hall–Kier alpha value is -0.820. The first-order valence-electron chi connectivity index (χ1n) is 6.85. The fraction of sp³-hybridized carbons (Fsp3) is 0.562. The van der Waals surface area contributed by atoms with E-state index in [-0.39, 0.29) is 0 Å². The molecule has 0 unspecified atom stereocenters. The van der Waals surface area contributed by atoms with Crippen molar-refractivity contribution < 1.29 is 0 Å². The van der Waals surface area contributed by atoms with Crippen LogP contribution in [0.5, 0.6) is 0 Å². The molecule has 0 fully saturated rings. The molecule has 18 heavy (non-hydrogen) atoms. The first-order valence-corrected chi connectivity index (χ1v) is 7.23. The second-order valence-corrected chi connectivity index (χ2v) is 6.13. The topological polar surface area (TPSA) is 12.4 Å². The van der Waals surface area contributed by atoms with E-state index in [0.717, 1.165) is 23.8 Å². The maximum Gasteiger partial charge on any atom is 0.0505 e. The van der Waals surface area contributed by atoms with Crippen LogP contribution in [0.4, 0.5) is 0 Å². The zero-order valence-electron chi connectivity index (χ0n) is 11.5. The van der Waals surface area contributed by atoms with Crippen molar-refractivity contribution in [1.82, 2.24) is 0 Å². The summed E-state index contributed by atoms with van der Waals surface area (Å²) < 4.78 is 0. The van der Waals surface area contributed by atoms with Gasteiger partial charge in [0.1, 0.15) is 0 Å². The third-order valence-electron chi connectivity index (χ3n) is 3.65. The number of halogens is 1. The number of rotatable bonds is 4. The maximum atomic E-state index is 6.16. The van der Waals surface area contributed by atoms with Crippen LogP contribution >= 0.6 is 11.6 Å². The number of aliphatic imine (C=N–C) groups is 1. The molecule has 98 valence electrons. The minimum Gasteiger partial charge on any atom is -0.290 e. The largest absolute Gasteiger partial charge is 0.290 e. The maximum absolute atomic E-state index is 6.16. The van der Waals surface area contributed by atoms with E-state index >= 15 is 0 Å². The first kappa shape index (κ1) is 13.6. The van der Waals surface area contributed by atoms with Gasteiger partial charge in [-0.1, -0.05) is 37.6 Å². The van der Waals surface area contributed by atoms with Crippen LogP contribution in [0.1, 0.15) is 44.2 Å². The van der Waals surface area contributed by atoms with Gasteiger partial charge >= 0.3 is 0 Å². The van der Waals surface area contributed by atoms with E-state index in [1.165, 1.54) is 29.7 Å². The van der Waals surface area contributed by atoms with Gasteiger partial charge in [0.2, 0.25) is 0 Å². The van der Waals surface area contributed by atoms with Gasteiger partial charge in [0, 0.05) is 17.2 Å². The molecule has 1 nitrogen and oxygen atoms in total. The lowest BCUT2D eigenvalue weighted by Crippen LogP contribution is -2.04. The fourth-order valence-electron chi connectivity index (χ4n) is 2.63. The molecule has 2 heteroatoms. The second-order valence-electron chi connectivity index (χ2n) is 5.72. The van der Waals surface area contributed by atoms with E-state index in [1.807, 2.05) is 12.1 Å². The van der Waals surface area contributed by atoms with Crippen molar-refractivity contribution >= 4 is 17.3 Å². The van der Waals surface area contributed by atoms with E-state index in [9.17, 15) is 0 Å². The van der Waals surface area contributed by atoms with E-state index in [4.69, 9.17) is 16.6 Å². The number of hydrogen-bond donors (Lipinski definition) is 0. The van der Waals surface area contributed by atoms with E-state index in [1.54, 1.807) is 0 Å². The van der Waals surface area contributed by atoms with Crippen molar-refractivity contribution in [3.63, 3.8) is 0 Å². The average Bonchev–Trinajstić information content (AvgIpc) is 2.71. The molecule has 1 aromatic rings. The predicted octanol–water partition coefficient (Wildman–Crippen LogP) is 4.84. The van der Waals surface area contributed by atoms with Crippen molar-refractivity contribution in [2.24, 2.45) is 10.9 Å². The Kier molecular flexibility index (Phi) is 4.45. The summed E-state index contributed by atoms with van der Waals surface area (Å²) in [5.74, 6) is 0.742. The van der Waals surface area contributed by atoms with Gasteiger partial charge < -0.3 is 0 Å². The Bertz CT molecular complexity index is 448. The summed E-state index contributed by atoms with van der Waals surface area (Å²) in [6.07, 6.45) is 4.58. The minimum atomic E-state index is 0.555. The molecule has 1 aliphatic rings. The van der Waals surface area contributed by atoms with E-state index in [0.29, 0.717) is 6.04 Å². The van der Waals surface area contributed by atoms with Crippen molar-refractivity contribution in [3.8, 4) is 0 Å². The molecule has 1 aromatic carbocycles. The Morgan fingerprint density at radius 2 is 2.17 bits per heavy atom. The lowest BCUT2D eigenvalue weighted by atomic mass is 10.00. The number of nitrogens with zero attached hydrogens (tertiary/aromatic N) is 1. The summed E-state index contributed by atoms with van der Waals surface area (Å²) in [6, 6.07) is 6.71. The third-order valence-corrected chi connectivity index (χ3v) is 4.06. The van der Waals surface area contributed by atoms with Gasteiger partial charge in [0.15, 0.2) is 0 Å². The number of hydrogen-bond acceptors (Lipinski definition) is 1. The van der Waals surface area contributed by atoms with Crippen LogP contribution in [0.25, 0.3) is 0 Å². The van der Waals surface area contributed by atoms with Crippen LogP contribution in [0.2, 0.25) is 5.02 Å². The molecule has 0 aromatic heterocycles. The molecule has 1 atom stereocenters. The Labute approximate surface area is 115 Å². The van der Waals surface area contributed by atoms with Crippen LogP contribution in [0.3, 0.4) is 0 Å². The highest BCUT2D eigenvalue weighted by Gasteiger charge is 2.19. The number of benzene rings is 1. The Balaban J connectivity index is 2.04. The summed E-state index contributed by atoms with van der Waals surface area (Å²) in [5, 5.41) is 0.866. The van der Waals surface area contributed by atoms with Gasteiger partial charge in [0.25, 0.3) is 0 Å². The molecule has 0 amide bonds. The van der Waals surface area contributed by atoms with Crippen LogP contribution in [0.15, 0.2) is 23.2 Å². The molecular weight excluding hydrogens is 242 g/mol. The molecule has 0 radical (unpaired) electrons. The molecule has 0 saturated heterocycles. The summed E-state index contributed by atoms with van der Waals surface area (Å²) in [6.45, 7) is 6.64. The van der Waals surface area contributed by atoms with Crippen LogP contribution in [-0.4, -0.2) is 11.8 Å². The van der Waals surface area contributed by atoms with Crippen LogP contribution in [-0.2, 0) is 6.42 Å². The summed E-state index contributed by atoms with van der Waals surface area (Å²) in [4.78, 5) is 4.87. The van der Waals surface area contributed by atoms with Gasteiger partial charge in [-0.3, -0.25) is 4.99 Å². The minimum absolute atomic E-state index is 0.555. The molecular formula is C16H22ClN. The van der Waals surface area contributed by atoms with Gasteiger partial charge in [0.05, 0.1) is 6.04 Å². The summed E-state index contributed by atoms with van der Waals surface area (Å²) in [5.41, 5.74) is 3.88. The molecule has 1 aliphatic heterocycles. The third kappa shape index (κ3) is 3.35. The second kappa shape index (κ2) is 5.88. The average molecular weight is 264 g/mol. The van der Waals surface area contributed by atoms with Crippen molar-refractivity contribution in [2.75, 3.05) is 0 Å². The molecule has 1 heterocycles. The SMILES string of the molecule is Cc1c(Cl)cccc1CC1=N[C@@H](CC(C)C)CC1. The zero-order chi connectivity index (χ0) is 13.1. The molecule has 2 rings (SSSR count). The standard InChI is InChI=1S/C16H22ClN/c1-11(2)9-14-7-8-15(18-14)10-13-5-4-6-16(17)12(13)3/h4-6,11,14H,7-10H2,1-3H3/t14-/m1/s1. The zero-order valence-corrected chi connectivity index (χ0v) is 12.3. The highest BCUT2D eigenvalue weighted by molar-refractivity contribution is 6.31. The van der Waals surface area contributed by atoms with Crippen LogP contribution < -0.4 is 0 Å². The Morgan fingerprint density at radius 1 is 1.39 bits per heavy atom. The van der Waals surface area contributed by atoms with Gasteiger partial charge in [-0.05, 0) is 49.3 Å². The van der Waals surface area contributed by atoms with Crippen molar-refractivity contribution in [3.05, 3.63) is 34.3 Å². The highest BCUT2D eigenvalue weighted by atomic mass is 35.5.